The fourth-order valence-electron chi connectivity index (χ4n) is 2.80. The molecule has 0 spiro atoms. The van der Waals surface area contributed by atoms with E-state index < -0.39 is 18.0 Å². The Balaban J connectivity index is 1.77. The zero-order valence-electron chi connectivity index (χ0n) is 15.7. The molecule has 6 nitrogen and oxygen atoms in total. The van der Waals surface area contributed by atoms with Gasteiger partial charge in [0.2, 0.25) is 5.76 Å². The Labute approximate surface area is 167 Å². The van der Waals surface area contributed by atoms with Crippen molar-refractivity contribution in [2.75, 3.05) is 12.4 Å². The quantitative estimate of drug-likeness (QED) is 0.604. The van der Waals surface area contributed by atoms with E-state index in [0.717, 1.165) is 10.9 Å². The van der Waals surface area contributed by atoms with Crippen LogP contribution in [0.4, 0.5) is 5.69 Å². The Morgan fingerprint density at radius 2 is 1.93 bits per heavy atom. The molecule has 0 aliphatic heterocycles. The summed E-state index contributed by atoms with van der Waals surface area (Å²) >= 11 is 6.07. The van der Waals surface area contributed by atoms with Crippen LogP contribution in [-0.2, 0) is 20.9 Å². The lowest BCUT2D eigenvalue weighted by atomic mass is 10.1. The lowest BCUT2D eigenvalue weighted by molar-refractivity contribution is -0.123. The molecule has 0 bridgehead atoms. The second-order valence-corrected chi connectivity index (χ2v) is 6.70. The molecule has 7 heteroatoms. The Kier molecular flexibility index (Phi) is 6.02. The second kappa shape index (κ2) is 8.46. The first-order chi connectivity index (χ1) is 13.4. The molecule has 0 saturated heterocycles. The van der Waals surface area contributed by atoms with Crippen molar-refractivity contribution in [2.45, 2.75) is 26.6 Å². The molecule has 0 aliphatic rings. The summed E-state index contributed by atoms with van der Waals surface area (Å²) in [7, 11) is 1.53. The Morgan fingerprint density at radius 1 is 1.18 bits per heavy atom. The molecule has 1 atom stereocenters. The summed E-state index contributed by atoms with van der Waals surface area (Å²) < 4.78 is 16.1. The van der Waals surface area contributed by atoms with Crippen LogP contribution in [-0.4, -0.2) is 25.1 Å². The molecule has 1 N–H and O–H groups in total. The number of hydrogen-bond donors (Lipinski definition) is 1. The number of amides is 1. The number of nitrogens with one attached hydrogen (secondary N) is 1. The van der Waals surface area contributed by atoms with E-state index in [2.05, 4.69) is 5.32 Å². The van der Waals surface area contributed by atoms with Crippen LogP contribution in [0.1, 0.15) is 28.6 Å². The lowest BCUT2D eigenvalue weighted by Gasteiger charge is -2.15. The molecule has 0 unspecified atom stereocenters. The summed E-state index contributed by atoms with van der Waals surface area (Å²) in [5.41, 5.74) is 2.43. The van der Waals surface area contributed by atoms with Crippen LogP contribution in [0, 0.1) is 6.92 Å². The van der Waals surface area contributed by atoms with Crippen molar-refractivity contribution in [3.05, 3.63) is 64.4 Å². The third-order valence-corrected chi connectivity index (χ3v) is 4.76. The zero-order chi connectivity index (χ0) is 20.3. The summed E-state index contributed by atoms with van der Waals surface area (Å²) in [6.45, 7) is 3.47. The number of anilines is 1. The van der Waals surface area contributed by atoms with Crippen LogP contribution in [0.3, 0.4) is 0 Å². The zero-order valence-corrected chi connectivity index (χ0v) is 16.5. The molecule has 0 saturated carbocycles. The fraction of sp³-hybridized carbons (Fsp3) is 0.238. The predicted molar refractivity (Wildman–Crippen MR) is 107 cm³/mol. The third kappa shape index (κ3) is 4.03. The van der Waals surface area contributed by atoms with Crippen molar-refractivity contribution in [3.8, 4) is 0 Å². The van der Waals surface area contributed by atoms with Crippen molar-refractivity contribution in [2.24, 2.45) is 0 Å². The lowest BCUT2D eigenvalue weighted by Crippen LogP contribution is -2.30. The van der Waals surface area contributed by atoms with Gasteiger partial charge in [-0.15, -0.1) is 0 Å². The van der Waals surface area contributed by atoms with E-state index in [1.165, 1.54) is 14.0 Å². The fourth-order valence-corrected chi connectivity index (χ4v) is 2.97. The summed E-state index contributed by atoms with van der Waals surface area (Å²) in [4.78, 5) is 25.1. The van der Waals surface area contributed by atoms with Gasteiger partial charge in [-0.1, -0.05) is 35.9 Å². The van der Waals surface area contributed by atoms with Gasteiger partial charge in [-0.2, -0.15) is 0 Å². The molecule has 1 aromatic heterocycles. The average Bonchev–Trinajstić information content (AvgIpc) is 3.04. The molecule has 0 aliphatic carbocycles. The first kappa shape index (κ1) is 19.9. The average molecular weight is 402 g/mol. The molecule has 1 amide bonds. The number of furan rings is 1. The van der Waals surface area contributed by atoms with Gasteiger partial charge >= 0.3 is 5.97 Å². The second-order valence-electron chi connectivity index (χ2n) is 6.29. The largest absolute Gasteiger partial charge is 0.449 e. The van der Waals surface area contributed by atoms with E-state index in [0.29, 0.717) is 21.9 Å². The first-order valence-corrected chi connectivity index (χ1v) is 9.06. The molecule has 146 valence electrons. The van der Waals surface area contributed by atoms with Crippen LogP contribution in [0.15, 0.2) is 46.9 Å². The molecule has 28 heavy (non-hydrogen) atoms. The smallest absolute Gasteiger partial charge is 0.375 e. The van der Waals surface area contributed by atoms with E-state index in [1.54, 1.807) is 37.3 Å². The molecule has 3 rings (SSSR count). The molecule has 2 aromatic carbocycles. The van der Waals surface area contributed by atoms with Crippen LogP contribution >= 0.6 is 11.6 Å². The number of benzene rings is 2. The highest BCUT2D eigenvalue weighted by atomic mass is 35.5. The number of fused-ring (bicyclic) bond motifs is 1. The molecule has 0 radical (unpaired) electrons. The topological polar surface area (TPSA) is 77.8 Å². The van der Waals surface area contributed by atoms with Crippen molar-refractivity contribution in [3.63, 3.8) is 0 Å². The van der Waals surface area contributed by atoms with Gasteiger partial charge < -0.3 is 19.2 Å². The molecule has 3 aromatic rings. The number of ether oxygens (including phenoxy) is 2. The van der Waals surface area contributed by atoms with Gasteiger partial charge in [0.15, 0.2) is 6.10 Å². The number of esters is 1. The number of carbonyl (C=O) groups is 2. The Morgan fingerprint density at radius 3 is 2.68 bits per heavy atom. The van der Waals surface area contributed by atoms with Gasteiger partial charge in [-0.05, 0) is 37.6 Å². The third-order valence-electron chi connectivity index (χ3n) is 4.35. The highest BCUT2D eigenvalue weighted by molar-refractivity contribution is 6.31. The number of methoxy groups -OCH3 is 1. The highest BCUT2D eigenvalue weighted by Gasteiger charge is 2.26. The minimum atomic E-state index is -1.03. The highest BCUT2D eigenvalue weighted by Crippen LogP contribution is 2.28. The molecule has 1 heterocycles. The minimum Gasteiger partial charge on any atom is -0.449 e. The summed E-state index contributed by atoms with van der Waals surface area (Å²) in [6, 6.07) is 12.4. The SMILES string of the molecule is COCc1c(C(=O)O[C@H](C)C(=O)Nc2cccc(Cl)c2C)oc2ccccc12. The van der Waals surface area contributed by atoms with Crippen molar-refractivity contribution < 1.29 is 23.5 Å². The Hall–Kier alpha value is -2.83. The Bertz CT molecular complexity index is 1030. The maximum absolute atomic E-state index is 12.6. The molecular formula is C21H20ClNO5. The number of para-hydroxylation sites is 1. The van der Waals surface area contributed by atoms with Crippen molar-refractivity contribution >= 4 is 40.1 Å². The first-order valence-electron chi connectivity index (χ1n) is 8.68. The number of halogens is 1. The van der Waals surface area contributed by atoms with Gasteiger partial charge in [-0.3, -0.25) is 4.79 Å². The van der Waals surface area contributed by atoms with Gasteiger partial charge in [0.1, 0.15) is 5.58 Å². The molecular weight excluding hydrogens is 382 g/mol. The van der Waals surface area contributed by atoms with E-state index in [9.17, 15) is 9.59 Å². The summed E-state index contributed by atoms with van der Waals surface area (Å²) in [5, 5.41) is 4.02. The van der Waals surface area contributed by atoms with Gasteiger partial charge in [0.25, 0.3) is 5.91 Å². The number of carbonyl (C=O) groups excluding carboxylic acids is 2. The van der Waals surface area contributed by atoms with E-state index in [4.69, 9.17) is 25.5 Å². The van der Waals surface area contributed by atoms with Crippen LogP contribution in [0.25, 0.3) is 11.0 Å². The van der Waals surface area contributed by atoms with Crippen LogP contribution < -0.4 is 5.32 Å². The monoisotopic (exact) mass is 401 g/mol. The van der Waals surface area contributed by atoms with Crippen LogP contribution in [0.2, 0.25) is 5.02 Å². The van der Waals surface area contributed by atoms with Crippen molar-refractivity contribution in [1.29, 1.82) is 0 Å². The van der Waals surface area contributed by atoms with Gasteiger partial charge in [0.05, 0.1) is 6.61 Å². The van der Waals surface area contributed by atoms with Gasteiger partial charge in [0, 0.05) is 28.8 Å². The van der Waals surface area contributed by atoms with E-state index >= 15 is 0 Å². The van der Waals surface area contributed by atoms with Crippen molar-refractivity contribution in [1.82, 2.24) is 0 Å². The van der Waals surface area contributed by atoms with Gasteiger partial charge in [-0.25, -0.2) is 4.79 Å². The van der Waals surface area contributed by atoms with Crippen LogP contribution in [0.5, 0.6) is 0 Å². The summed E-state index contributed by atoms with van der Waals surface area (Å²) in [5.74, 6) is -1.17. The number of rotatable bonds is 6. The number of hydrogen-bond acceptors (Lipinski definition) is 5. The maximum Gasteiger partial charge on any atom is 0.375 e. The predicted octanol–water partition coefficient (Wildman–Crippen LogP) is 4.73. The maximum atomic E-state index is 12.6. The summed E-state index contributed by atoms with van der Waals surface area (Å²) in [6.07, 6.45) is -1.03. The minimum absolute atomic E-state index is 0.0293. The van der Waals surface area contributed by atoms with E-state index in [1.807, 2.05) is 12.1 Å². The molecule has 0 fully saturated rings. The standard InChI is InChI=1S/C21H20ClNO5/c1-12-16(22)8-6-9-17(12)23-20(24)13(2)27-21(25)19-15(11-26-3)14-7-4-5-10-18(14)28-19/h4-10,13H,11H2,1-3H3,(H,23,24)/t13-/m1/s1. The van der Waals surface area contributed by atoms with E-state index in [-0.39, 0.29) is 12.4 Å². The normalized spacial score (nSPS) is 12.0.